The number of carbonyl (C=O) groups is 1. The second kappa shape index (κ2) is 7.99. The predicted molar refractivity (Wildman–Crippen MR) is 118 cm³/mol. The van der Waals surface area contributed by atoms with Gasteiger partial charge in [-0.25, -0.2) is 4.99 Å². The zero-order chi connectivity index (χ0) is 20.5. The van der Waals surface area contributed by atoms with Crippen LogP contribution in [0.2, 0.25) is 10.0 Å². The van der Waals surface area contributed by atoms with Crippen LogP contribution in [0.15, 0.2) is 62.8 Å². The Bertz CT molecular complexity index is 1160. The van der Waals surface area contributed by atoms with Crippen LogP contribution >= 0.6 is 35.0 Å². The van der Waals surface area contributed by atoms with Gasteiger partial charge in [-0.05, 0) is 60.6 Å². The molecule has 0 atom stereocenters. The molecule has 1 amide bonds. The van der Waals surface area contributed by atoms with Gasteiger partial charge in [-0.3, -0.25) is 4.79 Å². The number of phenolic OH excluding ortho intramolecular Hbond substituents is 1. The zero-order valence-corrected chi connectivity index (χ0v) is 17.4. The fourth-order valence-electron chi connectivity index (χ4n) is 2.74. The van der Waals surface area contributed by atoms with Gasteiger partial charge >= 0.3 is 0 Å². The zero-order valence-electron chi connectivity index (χ0n) is 15.1. The van der Waals surface area contributed by atoms with Gasteiger partial charge in [-0.2, -0.15) is 0 Å². The van der Waals surface area contributed by atoms with E-state index < -0.39 is 0 Å². The van der Waals surface area contributed by atoms with Crippen LogP contribution in [0.25, 0.3) is 17.4 Å². The van der Waals surface area contributed by atoms with Gasteiger partial charge in [0.05, 0.1) is 20.5 Å². The molecule has 2 N–H and O–H groups in total. The maximum Gasteiger partial charge on any atom is 0.264 e. The number of nitrogens with one attached hydrogen (secondary N) is 1. The highest BCUT2D eigenvalue weighted by atomic mass is 35.5. The first-order valence-corrected chi connectivity index (χ1v) is 10.1. The van der Waals surface area contributed by atoms with Gasteiger partial charge < -0.3 is 14.8 Å². The van der Waals surface area contributed by atoms with Crippen LogP contribution in [-0.4, -0.2) is 16.2 Å². The smallest absolute Gasteiger partial charge is 0.264 e. The Hall–Kier alpha value is -2.67. The molecule has 3 aromatic rings. The lowest BCUT2D eigenvalue weighted by Crippen LogP contribution is -2.19. The minimum Gasteiger partial charge on any atom is -0.506 e. The number of phenols is 1. The monoisotopic (exact) mass is 444 g/mol. The third-order valence-corrected chi connectivity index (χ3v) is 5.65. The maximum atomic E-state index is 12.3. The molecule has 1 fully saturated rings. The Labute approximate surface area is 181 Å². The Morgan fingerprint density at radius 2 is 1.90 bits per heavy atom. The number of rotatable bonds is 3. The van der Waals surface area contributed by atoms with Gasteiger partial charge in [0, 0.05) is 6.08 Å². The van der Waals surface area contributed by atoms with Crippen LogP contribution in [0.5, 0.6) is 5.75 Å². The van der Waals surface area contributed by atoms with Crippen molar-refractivity contribution < 1.29 is 14.3 Å². The molecule has 1 aromatic heterocycles. The number of aromatic hydroxyl groups is 1. The van der Waals surface area contributed by atoms with Gasteiger partial charge in [0.25, 0.3) is 5.91 Å². The van der Waals surface area contributed by atoms with Crippen molar-refractivity contribution in [2.24, 2.45) is 4.99 Å². The van der Waals surface area contributed by atoms with Crippen molar-refractivity contribution in [3.05, 3.63) is 74.8 Å². The van der Waals surface area contributed by atoms with Gasteiger partial charge in [-0.15, -0.1) is 0 Å². The summed E-state index contributed by atoms with van der Waals surface area (Å²) in [5.74, 6) is 0.736. The van der Waals surface area contributed by atoms with Gasteiger partial charge in [0.2, 0.25) is 0 Å². The summed E-state index contributed by atoms with van der Waals surface area (Å²) < 4.78 is 5.81. The number of amidine groups is 1. The van der Waals surface area contributed by atoms with Crippen molar-refractivity contribution in [1.82, 2.24) is 5.32 Å². The van der Waals surface area contributed by atoms with Crippen LogP contribution in [0, 0.1) is 6.92 Å². The molecule has 1 saturated heterocycles. The van der Waals surface area contributed by atoms with Crippen LogP contribution in [0.1, 0.15) is 11.3 Å². The highest BCUT2D eigenvalue weighted by molar-refractivity contribution is 8.18. The molecule has 146 valence electrons. The molecule has 0 bridgehead atoms. The third-order valence-electron chi connectivity index (χ3n) is 4.11. The molecular formula is C21H14Cl2N2O3S. The number of hydrogen-bond donors (Lipinski definition) is 2. The quantitative estimate of drug-likeness (QED) is 0.474. The van der Waals surface area contributed by atoms with E-state index in [0.29, 0.717) is 42.9 Å². The van der Waals surface area contributed by atoms with E-state index in [1.807, 2.05) is 6.92 Å². The number of hydrogen-bond acceptors (Lipinski definition) is 5. The second-order valence-corrected chi connectivity index (χ2v) is 8.12. The first kappa shape index (κ1) is 19.6. The van der Waals surface area contributed by atoms with Crippen molar-refractivity contribution in [1.29, 1.82) is 0 Å². The van der Waals surface area contributed by atoms with E-state index >= 15 is 0 Å². The number of carbonyl (C=O) groups excluding carboxylic acids is 1. The minimum atomic E-state index is -0.297. The SMILES string of the molecule is Cc1ccc(O)c(N=C2NC(=O)/C(=C\c3ccc(-c4c(Cl)cccc4Cl)o3)S2)c1. The van der Waals surface area contributed by atoms with Crippen LogP contribution in [0.4, 0.5) is 5.69 Å². The van der Waals surface area contributed by atoms with E-state index in [2.05, 4.69) is 10.3 Å². The Morgan fingerprint density at radius 3 is 2.66 bits per heavy atom. The molecule has 1 aliphatic heterocycles. The molecule has 2 heterocycles. The summed E-state index contributed by atoms with van der Waals surface area (Å²) in [6.45, 7) is 1.90. The lowest BCUT2D eigenvalue weighted by molar-refractivity contribution is -0.115. The molecule has 0 saturated carbocycles. The van der Waals surface area contributed by atoms with Crippen LogP contribution in [-0.2, 0) is 4.79 Å². The number of benzene rings is 2. The molecule has 0 unspecified atom stereocenters. The fourth-order valence-corrected chi connectivity index (χ4v) is 4.14. The van der Waals surface area contributed by atoms with Gasteiger partial charge in [-0.1, -0.05) is 35.3 Å². The average Bonchev–Trinajstić information content (AvgIpc) is 3.25. The van der Waals surface area contributed by atoms with Crippen LogP contribution in [0.3, 0.4) is 0 Å². The van der Waals surface area contributed by atoms with E-state index in [1.54, 1.807) is 54.6 Å². The van der Waals surface area contributed by atoms with Crippen LogP contribution < -0.4 is 5.32 Å². The number of furan rings is 1. The Balaban J connectivity index is 1.60. The van der Waals surface area contributed by atoms with E-state index in [9.17, 15) is 9.90 Å². The summed E-state index contributed by atoms with van der Waals surface area (Å²) in [5, 5.41) is 14.0. The van der Waals surface area contributed by atoms with Crippen molar-refractivity contribution in [3.8, 4) is 17.1 Å². The topological polar surface area (TPSA) is 74.8 Å². The molecule has 1 aliphatic rings. The van der Waals surface area contributed by atoms with E-state index in [4.69, 9.17) is 27.6 Å². The summed E-state index contributed by atoms with van der Waals surface area (Å²) >= 11 is 13.6. The first-order valence-electron chi connectivity index (χ1n) is 8.54. The number of nitrogens with zero attached hydrogens (tertiary/aromatic N) is 1. The molecule has 0 aliphatic carbocycles. The molecule has 5 nitrogen and oxygen atoms in total. The number of halogens is 2. The molecule has 0 spiro atoms. The highest BCUT2D eigenvalue weighted by Crippen LogP contribution is 2.37. The maximum absolute atomic E-state index is 12.3. The molecule has 29 heavy (non-hydrogen) atoms. The normalized spacial score (nSPS) is 16.6. The van der Waals surface area contributed by atoms with Gasteiger partial charge in [0.15, 0.2) is 5.17 Å². The Kier molecular flexibility index (Phi) is 5.41. The molecule has 4 rings (SSSR count). The van der Waals surface area contributed by atoms with E-state index in [1.165, 1.54) is 0 Å². The second-order valence-electron chi connectivity index (χ2n) is 6.27. The lowest BCUT2D eigenvalue weighted by Gasteiger charge is -2.02. The lowest BCUT2D eigenvalue weighted by atomic mass is 10.2. The predicted octanol–water partition coefficient (Wildman–Crippen LogP) is 6.16. The van der Waals surface area contributed by atoms with Gasteiger partial charge in [0.1, 0.15) is 23.0 Å². The van der Waals surface area contributed by atoms with E-state index in [0.717, 1.165) is 17.3 Å². The molecule has 0 radical (unpaired) electrons. The summed E-state index contributed by atoms with van der Waals surface area (Å²) in [6, 6.07) is 13.8. The largest absolute Gasteiger partial charge is 0.506 e. The Morgan fingerprint density at radius 1 is 1.14 bits per heavy atom. The number of aliphatic imine (C=N–C) groups is 1. The van der Waals surface area contributed by atoms with Crippen molar-refractivity contribution in [2.75, 3.05) is 0 Å². The standard InChI is InChI=1S/C21H14Cl2N2O3S/c1-11-5-7-16(26)15(9-11)24-21-25-20(27)18(29-21)10-12-6-8-17(28-12)19-13(22)3-2-4-14(19)23/h2-10,26H,1H3,(H,24,25,27)/b18-10+. The van der Waals surface area contributed by atoms with Crippen molar-refractivity contribution in [2.45, 2.75) is 6.92 Å². The number of thioether (sulfide) groups is 1. The molecule has 8 heteroatoms. The fraction of sp³-hybridized carbons (Fsp3) is 0.0476. The number of aryl methyl sites for hydroxylation is 1. The molecular weight excluding hydrogens is 431 g/mol. The molecule has 2 aromatic carbocycles. The minimum absolute atomic E-state index is 0.0441. The van der Waals surface area contributed by atoms with Crippen molar-refractivity contribution in [3.63, 3.8) is 0 Å². The third kappa shape index (κ3) is 4.19. The number of amides is 1. The summed E-state index contributed by atoms with van der Waals surface area (Å²) in [4.78, 5) is 17.0. The summed E-state index contributed by atoms with van der Waals surface area (Å²) in [7, 11) is 0. The summed E-state index contributed by atoms with van der Waals surface area (Å²) in [6.07, 6.45) is 1.62. The average molecular weight is 445 g/mol. The van der Waals surface area contributed by atoms with E-state index in [-0.39, 0.29) is 11.7 Å². The summed E-state index contributed by atoms with van der Waals surface area (Å²) in [5.41, 5.74) is 1.94. The van der Waals surface area contributed by atoms with Crippen molar-refractivity contribution >= 4 is 57.8 Å². The highest BCUT2D eigenvalue weighted by Gasteiger charge is 2.25. The first-order chi connectivity index (χ1) is 13.9.